The normalized spacial score (nSPS) is 7.43. The van der Waals surface area contributed by atoms with E-state index < -0.39 is 0 Å². The summed E-state index contributed by atoms with van der Waals surface area (Å²) in [4.78, 5) is 3.61. The smallest absolute Gasteiger partial charge is 0.0555 e. The fourth-order valence-electron chi connectivity index (χ4n) is 0.246. The topological polar surface area (TPSA) is 24.4 Å². The summed E-state index contributed by atoms with van der Waals surface area (Å²) in [7, 11) is 0. The Morgan fingerprint density at radius 2 is 2.43 bits per heavy atom. The monoisotopic (exact) mass is 98.1 g/mol. The Hall–Kier alpha value is -0.790. The summed E-state index contributed by atoms with van der Waals surface area (Å²) in [5, 5.41) is 2.88. The highest BCUT2D eigenvalue weighted by molar-refractivity contribution is 5.23. The van der Waals surface area contributed by atoms with E-state index in [0.717, 1.165) is 13.1 Å². The van der Waals surface area contributed by atoms with E-state index in [4.69, 9.17) is 0 Å². The molecular formula is C5H10N2. The summed E-state index contributed by atoms with van der Waals surface area (Å²) < 4.78 is 0. The van der Waals surface area contributed by atoms with Gasteiger partial charge in [-0.15, -0.1) is 0 Å². The maximum absolute atomic E-state index is 3.61. The first-order valence-electron chi connectivity index (χ1n) is 2.18. The quantitative estimate of drug-likeness (QED) is 0.400. The molecule has 40 valence electrons. The van der Waals surface area contributed by atoms with Crippen LogP contribution in [0.3, 0.4) is 0 Å². The van der Waals surface area contributed by atoms with Crippen molar-refractivity contribution in [1.29, 1.82) is 0 Å². The summed E-state index contributed by atoms with van der Waals surface area (Å²) in [5.74, 6) is 0. The zero-order chi connectivity index (χ0) is 5.54. The molecule has 0 aromatic heterocycles. The molecule has 0 spiro atoms. The van der Waals surface area contributed by atoms with Gasteiger partial charge in [-0.05, 0) is 12.9 Å². The lowest BCUT2D eigenvalue weighted by Gasteiger charge is -1.90. The van der Waals surface area contributed by atoms with Crippen LogP contribution < -0.4 is 5.32 Å². The molecule has 0 atom stereocenters. The van der Waals surface area contributed by atoms with Crippen molar-refractivity contribution in [3.05, 3.63) is 12.8 Å². The van der Waals surface area contributed by atoms with Crippen LogP contribution in [0.5, 0.6) is 0 Å². The fraction of sp³-hybridized carbons (Fsp3) is 0.400. The number of nitrogens with one attached hydrogen (secondary N) is 1. The van der Waals surface area contributed by atoms with Gasteiger partial charge in [-0.2, -0.15) is 0 Å². The van der Waals surface area contributed by atoms with Gasteiger partial charge >= 0.3 is 0 Å². The summed E-state index contributed by atoms with van der Waals surface area (Å²) in [5.41, 5.74) is 0. The van der Waals surface area contributed by atoms with Gasteiger partial charge in [0, 0.05) is 6.54 Å². The standard InChI is InChI=1S/C5H10N2/c1-3-7-5-4-6-2/h3,7H,1-2,4-5H2. The highest BCUT2D eigenvalue weighted by Crippen LogP contribution is 1.60. The van der Waals surface area contributed by atoms with Crippen LogP contribution in [0.15, 0.2) is 17.8 Å². The summed E-state index contributed by atoms with van der Waals surface area (Å²) >= 11 is 0. The predicted molar refractivity (Wildman–Crippen MR) is 32.6 cm³/mol. The third-order valence-electron chi connectivity index (χ3n) is 0.559. The molecule has 0 saturated heterocycles. The molecule has 0 unspecified atom stereocenters. The average Bonchev–Trinajstić information content (AvgIpc) is 1.69. The van der Waals surface area contributed by atoms with Crippen molar-refractivity contribution in [2.24, 2.45) is 4.99 Å². The maximum atomic E-state index is 3.61. The second kappa shape index (κ2) is 5.21. The number of rotatable bonds is 4. The van der Waals surface area contributed by atoms with Gasteiger partial charge in [-0.25, -0.2) is 0 Å². The minimum atomic E-state index is 0.756. The van der Waals surface area contributed by atoms with Crippen molar-refractivity contribution in [2.75, 3.05) is 13.1 Å². The largest absolute Gasteiger partial charge is 0.390 e. The maximum Gasteiger partial charge on any atom is 0.0555 e. The molecule has 0 aliphatic rings. The average molecular weight is 98.1 g/mol. The number of nitrogens with zero attached hydrogens (tertiary/aromatic N) is 1. The second-order valence-electron chi connectivity index (χ2n) is 1.11. The molecule has 0 fully saturated rings. The van der Waals surface area contributed by atoms with E-state index in [9.17, 15) is 0 Å². The third-order valence-corrected chi connectivity index (χ3v) is 0.559. The van der Waals surface area contributed by atoms with Gasteiger partial charge in [0.1, 0.15) is 0 Å². The molecule has 0 amide bonds. The van der Waals surface area contributed by atoms with Crippen molar-refractivity contribution < 1.29 is 0 Å². The van der Waals surface area contributed by atoms with E-state index in [1.54, 1.807) is 6.20 Å². The van der Waals surface area contributed by atoms with Gasteiger partial charge in [-0.1, -0.05) is 6.58 Å². The van der Waals surface area contributed by atoms with Crippen LogP contribution in [-0.4, -0.2) is 19.8 Å². The zero-order valence-electron chi connectivity index (χ0n) is 4.35. The third kappa shape index (κ3) is 5.21. The Bertz CT molecular complexity index is 51.1. The van der Waals surface area contributed by atoms with Crippen LogP contribution in [-0.2, 0) is 0 Å². The zero-order valence-corrected chi connectivity index (χ0v) is 4.35. The molecule has 0 bridgehead atoms. The molecule has 0 heterocycles. The molecule has 0 saturated carbocycles. The highest BCUT2D eigenvalue weighted by Gasteiger charge is 1.70. The molecule has 2 nitrogen and oxygen atoms in total. The lowest BCUT2D eigenvalue weighted by Crippen LogP contribution is -2.08. The van der Waals surface area contributed by atoms with Crippen LogP contribution >= 0.6 is 0 Å². The van der Waals surface area contributed by atoms with Crippen molar-refractivity contribution in [3.63, 3.8) is 0 Å². The molecule has 1 N–H and O–H groups in total. The molecule has 0 aliphatic carbocycles. The van der Waals surface area contributed by atoms with E-state index in [1.165, 1.54) is 0 Å². The first kappa shape index (κ1) is 6.21. The summed E-state index contributed by atoms with van der Waals surface area (Å²) in [6, 6.07) is 0. The van der Waals surface area contributed by atoms with Gasteiger partial charge < -0.3 is 5.32 Å². The molecule has 2 heteroatoms. The van der Waals surface area contributed by atoms with Crippen LogP contribution in [0.4, 0.5) is 0 Å². The molecule has 7 heavy (non-hydrogen) atoms. The van der Waals surface area contributed by atoms with Crippen LogP contribution in [0.2, 0.25) is 0 Å². The minimum absolute atomic E-state index is 0.756. The van der Waals surface area contributed by atoms with Crippen molar-refractivity contribution in [3.8, 4) is 0 Å². The van der Waals surface area contributed by atoms with E-state index in [2.05, 4.69) is 23.6 Å². The van der Waals surface area contributed by atoms with Crippen LogP contribution in [0, 0.1) is 0 Å². The van der Waals surface area contributed by atoms with Gasteiger partial charge in [0.2, 0.25) is 0 Å². The Balaban J connectivity index is 2.68. The highest BCUT2D eigenvalue weighted by atomic mass is 14.9. The van der Waals surface area contributed by atoms with Crippen LogP contribution in [0.1, 0.15) is 0 Å². The molecule has 0 aromatic carbocycles. The van der Waals surface area contributed by atoms with Gasteiger partial charge in [0.15, 0.2) is 0 Å². The lowest BCUT2D eigenvalue weighted by molar-refractivity contribution is 0.849. The Morgan fingerprint density at radius 3 is 2.86 bits per heavy atom. The van der Waals surface area contributed by atoms with E-state index in [-0.39, 0.29) is 0 Å². The summed E-state index contributed by atoms with van der Waals surface area (Å²) in [6.07, 6.45) is 1.64. The minimum Gasteiger partial charge on any atom is -0.390 e. The number of aliphatic imine (C=N–C) groups is 1. The molecule has 0 rings (SSSR count). The number of hydrogen-bond donors (Lipinski definition) is 1. The summed E-state index contributed by atoms with van der Waals surface area (Å²) in [6.45, 7) is 8.36. The van der Waals surface area contributed by atoms with Crippen molar-refractivity contribution in [1.82, 2.24) is 5.32 Å². The fourth-order valence-corrected chi connectivity index (χ4v) is 0.246. The van der Waals surface area contributed by atoms with Gasteiger partial charge in [-0.3, -0.25) is 4.99 Å². The van der Waals surface area contributed by atoms with Crippen molar-refractivity contribution >= 4 is 6.72 Å². The van der Waals surface area contributed by atoms with Crippen LogP contribution in [0.25, 0.3) is 0 Å². The van der Waals surface area contributed by atoms with Gasteiger partial charge in [0.25, 0.3) is 0 Å². The Morgan fingerprint density at radius 1 is 1.71 bits per heavy atom. The van der Waals surface area contributed by atoms with E-state index in [1.807, 2.05) is 0 Å². The number of hydrogen-bond acceptors (Lipinski definition) is 2. The SMILES string of the molecule is C=CNCCN=C. The van der Waals surface area contributed by atoms with Gasteiger partial charge in [0.05, 0.1) is 6.54 Å². The van der Waals surface area contributed by atoms with E-state index in [0.29, 0.717) is 0 Å². The van der Waals surface area contributed by atoms with Crippen molar-refractivity contribution in [2.45, 2.75) is 0 Å². The molecule has 0 aliphatic heterocycles. The molecular weight excluding hydrogens is 88.1 g/mol. The predicted octanol–water partition coefficient (Wildman–Crippen LogP) is 0.420. The first-order chi connectivity index (χ1) is 3.41. The van der Waals surface area contributed by atoms with E-state index >= 15 is 0 Å². The Labute approximate surface area is 44.0 Å². The molecule has 0 aromatic rings. The lowest BCUT2D eigenvalue weighted by atomic mass is 10.6. The second-order valence-corrected chi connectivity index (χ2v) is 1.11. The Kier molecular flexibility index (Phi) is 4.62. The molecule has 0 radical (unpaired) electrons. The first-order valence-corrected chi connectivity index (χ1v) is 2.18.